The molecule has 1 amide bonds. The van der Waals surface area contributed by atoms with Gasteiger partial charge in [0.1, 0.15) is 5.75 Å². The predicted octanol–water partition coefficient (Wildman–Crippen LogP) is 3.86. The molecule has 0 aliphatic heterocycles. The average molecular weight is 436 g/mol. The highest BCUT2D eigenvalue weighted by atomic mass is 32.1. The maximum absolute atomic E-state index is 12.5. The summed E-state index contributed by atoms with van der Waals surface area (Å²) < 4.78 is 8.13. The Morgan fingerprint density at radius 3 is 2.77 bits per heavy atom. The number of aromatic nitrogens is 3. The fourth-order valence-electron chi connectivity index (χ4n) is 3.35. The molecule has 0 saturated heterocycles. The molecule has 4 rings (SSSR count). The number of rotatable bonds is 7. The van der Waals surface area contributed by atoms with Gasteiger partial charge < -0.3 is 15.0 Å². The summed E-state index contributed by atoms with van der Waals surface area (Å²) >= 11 is 1.55. The second kappa shape index (κ2) is 8.77. The number of likely N-dealkylation sites (N-methyl/N-ethyl adjacent to an activating group) is 1. The Hall–Kier alpha value is -3.39. The normalized spacial score (nSPS) is 11.0. The van der Waals surface area contributed by atoms with Crippen molar-refractivity contribution in [2.45, 2.75) is 20.4 Å². The highest BCUT2D eigenvalue weighted by molar-refractivity contribution is 7.22. The summed E-state index contributed by atoms with van der Waals surface area (Å²) in [5.74, 6) is 0.706. The monoisotopic (exact) mass is 435 g/mol. The molecule has 0 bridgehead atoms. The number of amides is 1. The van der Waals surface area contributed by atoms with Gasteiger partial charge in [0.25, 0.3) is 0 Å². The van der Waals surface area contributed by atoms with Gasteiger partial charge in [0.2, 0.25) is 5.91 Å². The Bertz CT molecular complexity index is 1230. The van der Waals surface area contributed by atoms with Gasteiger partial charge in [0.05, 0.1) is 29.7 Å². The van der Waals surface area contributed by atoms with Gasteiger partial charge in [-0.3, -0.25) is 4.79 Å². The molecular formula is C23H25N5O2S. The second-order valence-electron chi connectivity index (χ2n) is 7.47. The molecule has 2 aromatic heterocycles. The molecule has 0 aliphatic carbocycles. The van der Waals surface area contributed by atoms with Crippen LogP contribution in [0.5, 0.6) is 5.75 Å². The first kappa shape index (κ1) is 20.9. The van der Waals surface area contributed by atoms with Crippen LogP contribution in [0.25, 0.3) is 16.0 Å². The number of anilines is 1. The fourth-order valence-corrected chi connectivity index (χ4v) is 4.30. The van der Waals surface area contributed by atoms with E-state index in [4.69, 9.17) is 9.72 Å². The Balaban J connectivity index is 1.47. The summed E-state index contributed by atoms with van der Waals surface area (Å²) in [6, 6.07) is 15.8. The second-order valence-corrected chi connectivity index (χ2v) is 8.45. The van der Waals surface area contributed by atoms with Crippen LogP contribution in [0.2, 0.25) is 0 Å². The zero-order valence-corrected chi connectivity index (χ0v) is 18.9. The number of aryl methyl sites for hydroxylation is 2. The summed E-state index contributed by atoms with van der Waals surface area (Å²) in [5, 5.41) is 8.40. The summed E-state index contributed by atoms with van der Waals surface area (Å²) in [5.41, 5.74) is 4.87. The van der Waals surface area contributed by atoms with Gasteiger partial charge in [0.15, 0.2) is 10.8 Å². The van der Waals surface area contributed by atoms with Gasteiger partial charge in [-0.1, -0.05) is 35.6 Å². The molecular weight excluding hydrogens is 410 g/mol. The van der Waals surface area contributed by atoms with Crippen LogP contribution in [0, 0.1) is 13.8 Å². The zero-order valence-electron chi connectivity index (χ0n) is 18.0. The van der Waals surface area contributed by atoms with Crippen molar-refractivity contribution in [2.24, 2.45) is 0 Å². The van der Waals surface area contributed by atoms with Crippen LogP contribution >= 0.6 is 11.3 Å². The molecule has 0 unspecified atom stereocenters. The summed E-state index contributed by atoms with van der Waals surface area (Å²) in [7, 11) is 3.51. The standard InChI is InChI=1S/C23H25N5O2S/c1-15-7-5-9-18(11-15)28-22-21(16(2)26-28)31-23(25-22)27(3)14-20(29)24-13-17-8-6-10-19(12-17)30-4/h5-12H,13-14H2,1-4H3,(H,24,29). The molecule has 2 heterocycles. The van der Waals surface area contributed by atoms with Crippen molar-refractivity contribution in [3.63, 3.8) is 0 Å². The summed E-state index contributed by atoms with van der Waals surface area (Å²) in [4.78, 5) is 19.1. The van der Waals surface area contributed by atoms with Gasteiger partial charge in [-0.25, -0.2) is 4.68 Å². The van der Waals surface area contributed by atoms with E-state index in [2.05, 4.69) is 29.5 Å². The molecule has 0 saturated carbocycles. The zero-order chi connectivity index (χ0) is 22.0. The number of nitrogens with zero attached hydrogens (tertiary/aromatic N) is 4. The van der Waals surface area contributed by atoms with Crippen molar-refractivity contribution in [1.29, 1.82) is 0 Å². The van der Waals surface area contributed by atoms with Crippen LogP contribution in [-0.4, -0.2) is 41.4 Å². The van der Waals surface area contributed by atoms with Crippen LogP contribution in [0.4, 0.5) is 5.13 Å². The number of thiazole rings is 1. The van der Waals surface area contributed by atoms with Crippen molar-refractivity contribution in [1.82, 2.24) is 20.1 Å². The lowest BCUT2D eigenvalue weighted by molar-refractivity contribution is -0.119. The number of carbonyl (C=O) groups excluding carboxylic acids is 1. The molecule has 0 atom stereocenters. The third-order valence-electron chi connectivity index (χ3n) is 4.95. The maximum atomic E-state index is 12.5. The van der Waals surface area contributed by atoms with E-state index < -0.39 is 0 Å². The lowest BCUT2D eigenvalue weighted by atomic mass is 10.2. The van der Waals surface area contributed by atoms with Crippen molar-refractivity contribution in [3.8, 4) is 11.4 Å². The largest absolute Gasteiger partial charge is 0.497 e. The predicted molar refractivity (Wildman–Crippen MR) is 124 cm³/mol. The Labute approximate surface area is 185 Å². The molecule has 0 spiro atoms. The summed E-state index contributed by atoms with van der Waals surface area (Å²) in [6.45, 7) is 4.71. The first-order valence-electron chi connectivity index (χ1n) is 9.98. The van der Waals surface area contributed by atoms with Gasteiger partial charge in [-0.05, 0) is 49.2 Å². The van der Waals surface area contributed by atoms with Crippen molar-refractivity contribution in [3.05, 3.63) is 65.4 Å². The topological polar surface area (TPSA) is 72.3 Å². The molecule has 31 heavy (non-hydrogen) atoms. The van der Waals surface area contributed by atoms with E-state index in [0.717, 1.165) is 38.2 Å². The Morgan fingerprint density at radius 1 is 1.19 bits per heavy atom. The van der Waals surface area contributed by atoms with E-state index in [0.29, 0.717) is 6.54 Å². The number of benzene rings is 2. The van der Waals surface area contributed by atoms with E-state index in [1.54, 1.807) is 18.4 Å². The van der Waals surface area contributed by atoms with E-state index in [1.165, 1.54) is 5.56 Å². The van der Waals surface area contributed by atoms with E-state index in [1.807, 2.05) is 60.0 Å². The number of fused-ring (bicyclic) bond motifs is 1. The molecule has 0 fully saturated rings. The third-order valence-corrected chi connectivity index (χ3v) is 6.22. The van der Waals surface area contributed by atoms with Gasteiger partial charge in [-0.2, -0.15) is 10.1 Å². The first-order chi connectivity index (χ1) is 14.9. The smallest absolute Gasteiger partial charge is 0.239 e. The van der Waals surface area contributed by atoms with Crippen molar-refractivity contribution < 1.29 is 9.53 Å². The minimum Gasteiger partial charge on any atom is -0.497 e. The van der Waals surface area contributed by atoms with Crippen LogP contribution < -0.4 is 15.0 Å². The van der Waals surface area contributed by atoms with E-state index in [-0.39, 0.29) is 12.5 Å². The SMILES string of the molecule is COc1cccc(CNC(=O)CN(C)c2nc3c(s2)c(C)nn3-c2cccc(C)c2)c1. The molecule has 0 aliphatic rings. The molecule has 1 N–H and O–H groups in total. The minimum absolute atomic E-state index is 0.0680. The minimum atomic E-state index is -0.0680. The highest BCUT2D eigenvalue weighted by Crippen LogP contribution is 2.32. The fraction of sp³-hybridized carbons (Fsp3) is 0.261. The summed E-state index contributed by atoms with van der Waals surface area (Å²) in [6.07, 6.45) is 0. The van der Waals surface area contributed by atoms with E-state index >= 15 is 0 Å². The number of hydrogen-bond donors (Lipinski definition) is 1. The molecule has 8 heteroatoms. The number of hydrogen-bond acceptors (Lipinski definition) is 6. The Kier molecular flexibility index (Phi) is 5.90. The highest BCUT2D eigenvalue weighted by Gasteiger charge is 2.18. The van der Waals surface area contributed by atoms with Crippen LogP contribution in [0.15, 0.2) is 48.5 Å². The van der Waals surface area contributed by atoms with Gasteiger partial charge in [-0.15, -0.1) is 0 Å². The molecule has 7 nitrogen and oxygen atoms in total. The molecule has 0 radical (unpaired) electrons. The molecule has 4 aromatic rings. The van der Waals surface area contributed by atoms with E-state index in [9.17, 15) is 4.79 Å². The van der Waals surface area contributed by atoms with Gasteiger partial charge in [0, 0.05) is 13.6 Å². The van der Waals surface area contributed by atoms with Crippen LogP contribution in [0.1, 0.15) is 16.8 Å². The third kappa shape index (κ3) is 4.54. The lowest BCUT2D eigenvalue weighted by Crippen LogP contribution is -2.34. The number of nitrogens with one attached hydrogen (secondary N) is 1. The van der Waals surface area contributed by atoms with Gasteiger partial charge >= 0.3 is 0 Å². The first-order valence-corrected chi connectivity index (χ1v) is 10.8. The van der Waals surface area contributed by atoms with Crippen LogP contribution in [-0.2, 0) is 11.3 Å². The number of methoxy groups -OCH3 is 1. The molecule has 160 valence electrons. The average Bonchev–Trinajstić information content (AvgIpc) is 3.33. The van der Waals surface area contributed by atoms with Crippen molar-refractivity contribution in [2.75, 3.05) is 25.6 Å². The van der Waals surface area contributed by atoms with Crippen LogP contribution in [0.3, 0.4) is 0 Å². The lowest BCUT2D eigenvalue weighted by Gasteiger charge is -2.15. The van der Waals surface area contributed by atoms with Crippen molar-refractivity contribution >= 4 is 32.7 Å². The Morgan fingerprint density at radius 2 is 2.00 bits per heavy atom. The maximum Gasteiger partial charge on any atom is 0.239 e. The number of ether oxygens (including phenoxy) is 1. The molecule has 2 aromatic carbocycles. The number of carbonyl (C=O) groups is 1. The quantitative estimate of drug-likeness (QED) is 0.477.